The Bertz CT molecular complexity index is 1380. The second kappa shape index (κ2) is 11.6. The monoisotopic (exact) mass is 587 g/mol. The molecular weight excluding hydrogens is 552 g/mol. The van der Waals surface area contributed by atoms with Gasteiger partial charge in [-0.3, -0.25) is 19.6 Å². The van der Waals surface area contributed by atoms with E-state index >= 15 is 4.39 Å². The van der Waals surface area contributed by atoms with Gasteiger partial charge >= 0.3 is 11.9 Å². The minimum Gasteiger partial charge on any atom is -0.481 e. The van der Waals surface area contributed by atoms with E-state index in [1.165, 1.54) is 17.4 Å². The van der Waals surface area contributed by atoms with Gasteiger partial charge in [0.15, 0.2) is 10.8 Å². The SMILES string of the molecule is CCOC(=O)C1=C(CN2CC(F)C3C2CCN3CC(C)(C)C(=O)O)NC(c2nccs2)=NC1c1cccc(F)c1C. The minimum atomic E-state index is -1.18. The first-order chi connectivity index (χ1) is 19.5. The molecule has 0 radical (unpaired) electrons. The van der Waals surface area contributed by atoms with Crippen molar-refractivity contribution in [1.29, 1.82) is 0 Å². The van der Waals surface area contributed by atoms with Gasteiger partial charge in [-0.1, -0.05) is 12.1 Å². The number of amidine groups is 1. The Hall–Kier alpha value is -3.22. The third kappa shape index (κ3) is 5.64. The number of likely N-dealkylation sites (tertiary alicyclic amines) is 2. The lowest BCUT2D eigenvalue weighted by Gasteiger charge is -2.32. The molecule has 5 rings (SSSR count). The van der Waals surface area contributed by atoms with E-state index in [2.05, 4.69) is 10.3 Å². The molecule has 12 heteroatoms. The number of carboxylic acids is 1. The average molecular weight is 588 g/mol. The third-order valence-electron chi connectivity index (χ3n) is 8.18. The molecule has 2 saturated heterocycles. The topological polar surface area (TPSA) is 107 Å². The standard InChI is InChI=1S/C29H35F2N5O4S/c1-5-40-27(37)22-20(14-36-13-19(31)24-21(36)9-11-35(24)15-29(3,4)28(38)39)33-25(26-32-10-12-41-26)34-23(22)17-7-6-8-18(30)16(17)2/h6-8,10,12,19,21,23-24H,5,9,11,13-15H2,1-4H3,(H,33,34)(H,38,39). The van der Waals surface area contributed by atoms with Gasteiger partial charge in [0.25, 0.3) is 0 Å². The third-order valence-corrected chi connectivity index (χ3v) is 8.96. The van der Waals surface area contributed by atoms with Crippen LogP contribution >= 0.6 is 11.3 Å². The lowest BCUT2D eigenvalue weighted by Crippen LogP contribution is -2.46. The number of fused-ring (bicyclic) bond motifs is 1. The first-order valence-electron chi connectivity index (χ1n) is 13.8. The molecule has 9 nitrogen and oxygen atoms in total. The molecule has 0 bridgehead atoms. The zero-order chi connectivity index (χ0) is 29.5. The Kier molecular flexibility index (Phi) is 8.27. The second-order valence-electron chi connectivity index (χ2n) is 11.4. The van der Waals surface area contributed by atoms with E-state index in [0.717, 1.165) is 0 Å². The summed E-state index contributed by atoms with van der Waals surface area (Å²) >= 11 is 1.38. The van der Waals surface area contributed by atoms with Crippen LogP contribution in [0, 0.1) is 18.2 Å². The molecule has 2 fully saturated rings. The summed E-state index contributed by atoms with van der Waals surface area (Å²) < 4.78 is 35.8. The van der Waals surface area contributed by atoms with Crippen molar-refractivity contribution < 1.29 is 28.2 Å². The van der Waals surface area contributed by atoms with Crippen LogP contribution in [0.4, 0.5) is 8.78 Å². The van der Waals surface area contributed by atoms with Crippen molar-refractivity contribution in [3.63, 3.8) is 0 Å². The van der Waals surface area contributed by atoms with Gasteiger partial charge in [0.2, 0.25) is 0 Å². The number of carboxylic acid groups (broad SMARTS) is 1. The Morgan fingerprint density at radius 2 is 2.07 bits per heavy atom. The van der Waals surface area contributed by atoms with Gasteiger partial charge in [0.1, 0.15) is 18.0 Å². The van der Waals surface area contributed by atoms with Gasteiger partial charge < -0.3 is 15.2 Å². The van der Waals surface area contributed by atoms with Crippen LogP contribution in [-0.2, 0) is 14.3 Å². The summed E-state index contributed by atoms with van der Waals surface area (Å²) in [7, 11) is 0. The zero-order valence-corrected chi connectivity index (χ0v) is 24.4. The maximum Gasteiger partial charge on any atom is 0.338 e. The molecule has 3 aliphatic heterocycles. The zero-order valence-electron chi connectivity index (χ0n) is 23.6. The highest BCUT2D eigenvalue weighted by molar-refractivity contribution is 7.11. The Balaban J connectivity index is 1.52. The largest absolute Gasteiger partial charge is 0.481 e. The van der Waals surface area contributed by atoms with Crippen LogP contribution in [-0.4, -0.2) is 88.7 Å². The highest BCUT2D eigenvalue weighted by Gasteiger charge is 2.51. The minimum absolute atomic E-state index is 0.133. The van der Waals surface area contributed by atoms with Crippen LogP contribution in [0.25, 0.3) is 0 Å². The molecule has 4 atom stereocenters. The molecule has 3 aliphatic rings. The Labute approximate surface area is 241 Å². The number of carbonyl (C=O) groups is 2. The summed E-state index contributed by atoms with van der Waals surface area (Å²) in [5.41, 5.74) is 0.657. The lowest BCUT2D eigenvalue weighted by molar-refractivity contribution is -0.148. The smallest absolute Gasteiger partial charge is 0.338 e. The van der Waals surface area contributed by atoms with Crippen LogP contribution in [0.2, 0.25) is 0 Å². The van der Waals surface area contributed by atoms with Gasteiger partial charge in [-0.25, -0.2) is 18.6 Å². The van der Waals surface area contributed by atoms with Gasteiger partial charge in [-0.15, -0.1) is 11.3 Å². The van der Waals surface area contributed by atoms with E-state index in [4.69, 9.17) is 9.73 Å². The van der Waals surface area contributed by atoms with Crippen molar-refractivity contribution in [2.75, 3.05) is 32.8 Å². The molecule has 220 valence electrons. The fourth-order valence-corrected chi connectivity index (χ4v) is 6.69. The highest BCUT2D eigenvalue weighted by atomic mass is 32.1. The van der Waals surface area contributed by atoms with Crippen molar-refractivity contribution in [2.45, 2.75) is 58.4 Å². The van der Waals surface area contributed by atoms with E-state index < -0.39 is 41.4 Å². The van der Waals surface area contributed by atoms with E-state index in [1.54, 1.807) is 46.0 Å². The van der Waals surface area contributed by atoms with E-state index in [-0.39, 0.29) is 37.9 Å². The molecule has 0 spiro atoms. The number of hydrogen-bond donors (Lipinski definition) is 2. The van der Waals surface area contributed by atoms with Crippen LogP contribution in [0.5, 0.6) is 0 Å². The molecular formula is C29H35F2N5O4S. The summed E-state index contributed by atoms with van der Waals surface area (Å²) in [6, 6.07) is 3.24. The molecule has 1 aromatic carbocycles. The van der Waals surface area contributed by atoms with Crippen LogP contribution in [0.3, 0.4) is 0 Å². The lowest BCUT2D eigenvalue weighted by atomic mass is 9.92. The summed E-state index contributed by atoms with van der Waals surface area (Å²) in [5.74, 6) is -1.46. The Morgan fingerprint density at radius 1 is 1.29 bits per heavy atom. The van der Waals surface area contributed by atoms with Gasteiger partial charge in [-0.2, -0.15) is 0 Å². The number of esters is 1. The summed E-state index contributed by atoms with van der Waals surface area (Å²) in [5, 5.41) is 15.3. The number of aliphatic imine (C=N–C) groups is 1. The summed E-state index contributed by atoms with van der Waals surface area (Å²) in [4.78, 5) is 38.4. The number of benzene rings is 1. The molecule has 41 heavy (non-hydrogen) atoms. The van der Waals surface area contributed by atoms with Crippen molar-refractivity contribution in [3.8, 4) is 0 Å². The number of aromatic nitrogens is 1. The fraction of sp³-hybridized carbons (Fsp3) is 0.517. The maximum atomic E-state index is 15.6. The van der Waals surface area contributed by atoms with Gasteiger partial charge in [0, 0.05) is 49.5 Å². The number of aliphatic carboxylic acids is 1. The molecule has 1 aromatic heterocycles. The predicted octanol–water partition coefficient (Wildman–Crippen LogP) is 3.71. The van der Waals surface area contributed by atoms with Crippen molar-refractivity contribution in [3.05, 3.63) is 63.0 Å². The number of carbonyl (C=O) groups excluding carboxylic acids is 1. The first kappa shape index (κ1) is 29.3. The molecule has 4 unspecified atom stereocenters. The van der Waals surface area contributed by atoms with Crippen LogP contribution in [0.15, 0.2) is 46.0 Å². The molecule has 0 aliphatic carbocycles. The number of rotatable bonds is 9. The number of nitrogens with zero attached hydrogens (tertiary/aromatic N) is 4. The van der Waals surface area contributed by atoms with Crippen molar-refractivity contribution in [1.82, 2.24) is 20.1 Å². The maximum absolute atomic E-state index is 15.6. The van der Waals surface area contributed by atoms with Crippen LogP contribution < -0.4 is 5.32 Å². The fourth-order valence-electron chi connectivity index (χ4n) is 6.11. The molecule has 2 aromatic rings. The molecule has 0 saturated carbocycles. The summed E-state index contributed by atoms with van der Waals surface area (Å²) in [6.07, 6.45) is 1.14. The number of hydrogen-bond acceptors (Lipinski definition) is 9. The molecule has 0 amide bonds. The number of halogens is 2. The molecule has 4 heterocycles. The predicted molar refractivity (Wildman–Crippen MR) is 151 cm³/mol. The molecule has 2 N–H and O–H groups in total. The summed E-state index contributed by atoms with van der Waals surface area (Å²) in [6.45, 7) is 7.98. The number of alkyl halides is 1. The Morgan fingerprint density at radius 3 is 2.76 bits per heavy atom. The quantitative estimate of drug-likeness (QED) is 0.428. The number of thiazole rings is 1. The number of ether oxygens (including phenoxy) is 1. The second-order valence-corrected chi connectivity index (χ2v) is 12.3. The van der Waals surface area contributed by atoms with Crippen LogP contribution in [0.1, 0.15) is 49.4 Å². The normalized spacial score (nSPS) is 25.2. The van der Waals surface area contributed by atoms with Crippen molar-refractivity contribution >= 4 is 29.1 Å². The number of nitrogens with one attached hydrogen (secondary N) is 1. The highest BCUT2D eigenvalue weighted by Crippen LogP contribution is 2.39. The van der Waals surface area contributed by atoms with E-state index in [0.29, 0.717) is 40.6 Å². The average Bonchev–Trinajstić information content (AvgIpc) is 3.66. The van der Waals surface area contributed by atoms with E-state index in [9.17, 15) is 19.1 Å². The van der Waals surface area contributed by atoms with Gasteiger partial charge in [-0.05, 0) is 51.3 Å². The first-order valence-corrected chi connectivity index (χ1v) is 14.6. The van der Waals surface area contributed by atoms with Gasteiger partial charge in [0.05, 0.1) is 23.6 Å². The van der Waals surface area contributed by atoms with E-state index in [1.807, 2.05) is 15.2 Å². The van der Waals surface area contributed by atoms with Crippen molar-refractivity contribution in [2.24, 2.45) is 10.4 Å².